The van der Waals surface area contributed by atoms with Gasteiger partial charge in [0.1, 0.15) is 0 Å². The van der Waals surface area contributed by atoms with E-state index in [-0.39, 0.29) is 12.7 Å². The summed E-state index contributed by atoms with van der Waals surface area (Å²) in [5.41, 5.74) is 0.927. The first-order chi connectivity index (χ1) is 13.7. The fourth-order valence-corrected chi connectivity index (χ4v) is 3.58. The van der Waals surface area contributed by atoms with Crippen LogP contribution in [0.15, 0.2) is 22.7 Å². The molecule has 1 aromatic carbocycles. The fourth-order valence-electron chi connectivity index (χ4n) is 3.58. The van der Waals surface area contributed by atoms with E-state index in [9.17, 15) is 4.79 Å². The zero-order chi connectivity index (χ0) is 19.3. The van der Waals surface area contributed by atoms with Crippen molar-refractivity contribution in [2.45, 2.75) is 39.0 Å². The number of aryl methyl sites for hydroxylation is 1. The van der Waals surface area contributed by atoms with Crippen molar-refractivity contribution in [3.8, 4) is 11.5 Å². The summed E-state index contributed by atoms with van der Waals surface area (Å²) in [5, 5.41) is 7.14. The van der Waals surface area contributed by atoms with Crippen molar-refractivity contribution in [3.05, 3.63) is 29.7 Å². The van der Waals surface area contributed by atoms with Crippen LogP contribution in [0.4, 0.5) is 5.95 Å². The molecule has 0 bridgehead atoms. The number of carbonyl (C=O) groups excluding carboxylic acids is 1. The van der Waals surface area contributed by atoms with E-state index < -0.39 is 0 Å². The maximum absolute atomic E-state index is 12.3. The monoisotopic (exact) mass is 386 g/mol. The lowest BCUT2D eigenvalue weighted by Crippen LogP contribution is -2.39. The Labute approximate surface area is 164 Å². The molecule has 2 aliphatic rings. The highest BCUT2D eigenvalue weighted by Gasteiger charge is 2.23. The first-order valence-electron chi connectivity index (χ1n) is 9.94. The van der Waals surface area contributed by atoms with Crippen LogP contribution >= 0.6 is 0 Å². The standard InChI is InChI=1S/C20H26N4O4/c1-2-3-19-22-20(23-28-19)24-8-6-14(7-9-24)12-21-18(25)11-15-4-5-16-17(10-15)27-13-26-16/h4-5,10,14H,2-3,6-9,11-13H2,1H3,(H,21,25). The van der Waals surface area contributed by atoms with Crippen molar-refractivity contribution in [1.82, 2.24) is 15.5 Å². The van der Waals surface area contributed by atoms with Gasteiger partial charge in [-0.3, -0.25) is 4.79 Å². The van der Waals surface area contributed by atoms with Gasteiger partial charge in [0, 0.05) is 26.1 Å². The minimum absolute atomic E-state index is 0.0312. The fraction of sp³-hybridized carbons (Fsp3) is 0.550. The largest absolute Gasteiger partial charge is 0.454 e. The molecule has 28 heavy (non-hydrogen) atoms. The van der Waals surface area contributed by atoms with Gasteiger partial charge in [0.2, 0.25) is 18.6 Å². The van der Waals surface area contributed by atoms with Gasteiger partial charge in [0.15, 0.2) is 11.5 Å². The summed E-state index contributed by atoms with van der Waals surface area (Å²) in [6.07, 6.45) is 4.16. The number of ether oxygens (including phenoxy) is 2. The number of hydrogen-bond donors (Lipinski definition) is 1. The van der Waals surface area contributed by atoms with E-state index in [1.54, 1.807) is 0 Å². The van der Waals surface area contributed by atoms with Gasteiger partial charge in [-0.15, -0.1) is 0 Å². The van der Waals surface area contributed by atoms with E-state index in [1.807, 2.05) is 18.2 Å². The Bertz CT molecular complexity index is 814. The molecule has 0 spiro atoms. The Hall–Kier alpha value is -2.77. The van der Waals surface area contributed by atoms with Crippen molar-refractivity contribution in [2.75, 3.05) is 31.3 Å². The number of carbonyl (C=O) groups is 1. The van der Waals surface area contributed by atoms with E-state index in [0.717, 1.165) is 50.1 Å². The highest BCUT2D eigenvalue weighted by atomic mass is 16.7. The van der Waals surface area contributed by atoms with Crippen molar-refractivity contribution in [3.63, 3.8) is 0 Å². The molecule has 8 heteroatoms. The van der Waals surface area contributed by atoms with E-state index >= 15 is 0 Å². The number of hydrogen-bond acceptors (Lipinski definition) is 7. The first-order valence-corrected chi connectivity index (χ1v) is 9.94. The highest BCUT2D eigenvalue weighted by Crippen LogP contribution is 2.32. The number of rotatable bonds is 7. The predicted octanol–water partition coefficient (Wildman–Crippen LogP) is 2.33. The third-order valence-corrected chi connectivity index (χ3v) is 5.21. The van der Waals surface area contributed by atoms with Crippen LogP contribution in [0.25, 0.3) is 0 Å². The molecule has 0 unspecified atom stereocenters. The van der Waals surface area contributed by atoms with Crippen LogP contribution < -0.4 is 19.7 Å². The molecular weight excluding hydrogens is 360 g/mol. The minimum atomic E-state index is 0.0312. The predicted molar refractivity (Wildman–Crippen MR) is 103 cm³/mol. The van der Waals surface area contributed by atoms with Crippen LogP contribution in [0.2, 0.25) is 0 Å². The third-order valence-electron chi connectivity index (χ3n) is 5.21. The summed E-state index contributed by atoms with van der Waals surface area (Å²) in [4.78, 5) is 18.9. The topological polar surface area (TPSA) is 89.7 Å². The molecule has 8 nitrogen and oxygen atoms in total. The number of aromatic nitrogens is 2. The molecule has 0 atom stereocenters. The molecule has 3 heterocycles. The van der Waals surface area contributed by atoms with Crippen molar-refractivity contribution < 1.29 is 18.8 Å². The molecule has 0 saturated carbocycles. The number of piperidine rings is 1. The van der Waals surface area contributed by atoms with Crippen LogP contribution in [0.1, 0.15) is 37.6 Å². The Balaban J connectivity index is 1.20. The van der Waals surface area contributed by atoms with Crippen molar-refractivity contribution in [1.29, 1.82) is 0 Å². The second kappa shape index (κ2) is 8.50. The molecule has 2 aliphatic heterocycles. The maximum Gasteiger partial charge on any atom is 0.266 e. The van der Waals surface area contributed by atoms with Crippen LogP contribution in [0.3, 0.4) is 0 Å². The average molecular weight is 386 g/mol. The molecule has 2 aromatic rings. The van der Waals surface area contributed by atoms with Crippen LogP contribution in [0.5, 0.6) is 11.5 Å². The Morgan fingerprint density at radius 3 is 2.89 bits per heavy atom. The second-order valence-corrected chi connectivity index (χ2v) is 7.34. The summed E-state index contributed by atoms with van der Waals surface area (Å²) in [6.45, 7) is 4.80. The average Bonchev–Trinajstić information content (AvgIpc) is 3.36. The Kier molecular flexibility index (Phi) is 5.64. The van der Waals surface area contributed by atoms with Gasteiger partial charge in [0.05, 0.1) is 6.42 Å². The third kappa shape index (κ3) is 4.37. The lowest BCUT2D eigenvalue weighted by atomic mass is 9.97. The Morgan fingerprint density at radius 2 is 2.07 bits per heavy atom. The smallest absolute Gasteiger partial charge is 0.266 e. The van der Waals surface area contributed by atoms with E-state index in [1.165, 1.54) is 0 Å². The molecule has 1 N–H and O–H groups in total. The Morgan fingerprint density at radius 1 is 1.25 bits per heavy atom. The molecule has 150 valence electrons. The van der Waals surface area contributed by atoms with E-state index in [2.05, 4.69) is 27.3 Å². The summed E-state index contributed by atoms with van der Waals surface area (Å²) in [7, 11) is 0. The molecule has 1 aromatic heterocycles. The number of nitrogens with zero attached hydrogens (tertiary/aromatic N) is 3. The highest BCUT2D eigenvalue weighted by molar-refractivity contribution is 5.78. The normalized spacial score (nSPS) is 16.4. The maximum atomic E-state index is 12.3. The van der Waals surface area contributed by atoms with Gasteiger partial charge in [0.25, 0.3) is 5.95 Å². The summed E-state index contributed by atoms with van der Waals surface area (Å²) >= 11 is 0. The number of nitrogens with one attached hydrogen (secondary N) is 1. The SMILES string of the molecule is CCCc1nc(N2CCC(CNC(=O)Cc3ccc4c(c3)OCO4)CC2)no1. The number of fused-ring (bicyclic) bond motifs is 1. The quantitative estimate of drug-likeness (QED) is 0.781. The van der Waals surface area contributed by atoms with Crippen molar-refractivity contribution in [2.24, 2.45) is 5.92 Å². The van der Waals surface area contributed by atoms with Gasteiger partial charge < -0.3 is 24.2 Å². The van der Waals surface area contributed by atoms with E-state index in [4.69, 9.17) is 14.0 Å². The minimum Gasteiger partial charge on any atom is -0.454 e. The van der Waals surface area contributed by atoms with Crippen molar-refractivity contribution >= 4 is 11.9 Å². The van der Waals surface area contributed by atoms with Gasteiger partial charge in [-0.05, 0) is 48.0 Å². The first kappa shape index (κ1) is 18.6. The van der Waals surface area contributed by atoms with Gasteiger partial charge in [-0.2, -0.15) is 4.98 Å². The number of benzene rings is 1. The van der Waals surface area contributed by atoms with Gasteiger partial charge >= 0.3 is 0 Å². The summed E-state index contributed by atoms with van der Waals surface area (Å²) < 4.78 is 15.9. The number of anilines is 1. The van der Waals surface area contributed by atoms with Crippen LogP contribution in [0, 0.1) is 5.92 Å². The number of amides is 1. The molecule has 0 radical (unpaired) electrons. The van der Waals surface area contributed by atoms with Crippen LogP contribution in [-0.4, -0.2) is 42.5 Å². The van der Waals surface area contributed by atoms with Gasteiger partial charge in [-0.1, -0.05) is 13.0 Å². The molecule has 1 fully saturated rings. The second-order valence-electron chi connectivity index (χ2n) is 7.34. The molecule has 1 amide bonds. The zero-order valence-corrected chi connectivity index (χ0v) is 16.1. The zero-order valence-electron chi connectivity index (χ0n) is 16.1. The molecule has 4 rings (SSSR count). The van der Waals surface area contributed by atoms with Gasteiger partial charge in [-0.25, -0.2) is 0 Å². The summed E-state index contributed by atoms with van der Waals surface area (Å²) in [5.74, 6) is 3.34. The lowest BCUT2D eigenvalue weighted by molar-refractivity contribution is -0.120. The molecular formula is C20H26N4O4. The lowest BCUT2D eigenvalue weighted by Gasteiger charge is -2.30. The van der Waals surface area contributed by atoms with Crippen LogP contribution in [-0.2, 0) is 17.6 Å². The summed E-state index contributed by atoms with van der Waals surface area (Å²) in [6, 6.07) is 5.63. The molecule has 1 saturated heterocycles. The molecule has 0 aliphatic carbocycles. The van der Waals surface area contributed by atoms with E-state index in [0.29, 0.717) is 36.5 Å².